The molecule has 0 fully saturated rings. The van der Waals surface area contributed by atoms with Crippen LogP contribution in [0.25, 0.3) is 0 Å². The second-order valence-corrected chi connectivity index (χ2v) is 5.93. The molecular formula is C15H18F3NO5. The summed E-state index contributed by atoms with van der Waals surface area (Å²) in [6.07, 6.45) is -5.82. The summed E-state index contributed by atoms with van der Waals surface area (Å²) >= 11 is 0. The van der Waals surface area contributed by atoms with Crippen molar-refractivity contribution in [3.05, 3.63) is 29.8 Å². The molecule has 0 aliphatic heterocycles. The number of alkyl halides is 3. The highest BCUT2D eigenvalue weighted by Gasteiger charge is 2.31. The van der Waals surface area contributed by atoms with Crippen molar-refractivity contribution < 1.29 is 37.3 Å². The average molecular weight is 349 g/mol. The maximum absolute atomic E-state index is 12.1. The molecule has 1 unspecified atom stereocenters. The number of carbonyl (C=O) groups is 2. The van der Waals surface area contributed by atoms with E-state index in [0.29, 0.717) is 5.56 Å². The van der Waals surface area contributed by atoms with Gasteiger partial charge in [-0.2, -0.15) is 0 Å². The highest BCUT2D eigenvalue weighted by atomic mass is 19.4. The van der Waals surface area contributed by atoms with E-state index < -0.39 is 35.8 Å². The topological polar surface area (TPSA) is 84.9 Å². The summed E-state index contributed by atoms with van der Waals surface area (Å²) in [5, 5.41) is 11.3. The van der Waals surface area contributed by atoms with Crippen LogP contribution < -0.4 is 10.1 Å². The van der Waals surface area contributed by atoms with Gasteiger partial charge in [0.05, 0.1) is 0 Å². The fourth-order valence-electron chi connectivity index (χ4n) is 1.71. The first-order valence-electron chi connectivity index (χ1n) is 6.93. The number of hydrogen-bond acceptors (Lipinski definition) is 4. The van der Waals surface area contributed by atoms with Crippen LogP contribution in [0.4, 0.5) is 18.0 Å². The van der Waals surface area contributed by atoms with Crippen LogP contribution in [-0.4, -0.2) is 35.2 Å². The van der Waals surface area contributed by atoms with E-state index >= 15 is 0 Å². The third kappa shape index (κ3) is 7.70. The van der Waals surface area contributed by atoms with Gasteiger partial charge in [-0.05, 0) is 38.5 Å². The van der Waals surface area contributed by atoms with Crippen molar-refractivity contribution in [3.8, 4) is 5.75 Å². The SMILES string of the molecule is CC(C)(C)OC(=O)NC(Cc1ccc(OC(F)(F)F)cc1)C(=O)O. The smallest absolute Gasteiger partial charge is 0.480 e. The summed E-state index contributed by atoms with van der Waals surface area (Å²) < 4.78 is 44.9. The summed E-state index contributed by atoms with van der Waals surface area (Å²) in [6, 6.07) is 3.42. The lowest BCUT2D eigenvalue weighted by atomic mass is 10.1. The van der Waals surface area contributed by atoms with Crippen LogP contribution in [0.5, 0.6) is 5.75 Å². The van der Waals surface area contributed by atoms with Crippen molar-refractivity contribution in [1.29, 1.82) is 0 Å². The molecule has 0 spiro atoms. The number of amides is 1. The van der Waals surface area contributed by atoms with Crippen molar-refractivity contribution in [2.75, 3.05) is 0 Å². The highest BCUT2D eigenvalue weighted by molar-refractivity contribution is 5.80. The molecule has 0 saturated heterocycles. The minimum absolute atomic E-state index is 0.124. The van der Waals surface area contributed by atoms with E-state index in [1.165, 1.54) is 12.1 Å². The standard InChI is InChI=1S/C15H18F3NO5/c1-14(2,3)24-13(22)19-11(12(20)21)8-9-4-6-10(7-5-9)23-15(16,17)18/h4-7,11H,8H2,1-3H3,(H,19,22)(H,20,21). The molecule has 0 aromatic heterocycles. The Kier molecular flexibility index (Phi) is 6.05. The van der Waals surface area contributed by atoms with E-state index in [4.69, 9.17) is 9.84 Å². The third-order valence-electron chi connectivity index (χ3n) is 2.59. The second kappa shape index (κ2) is 7.41. The summed E-state index contributed by atoms with van der Waals surface area (Å²) in [6.45, 7) is 4.88. The van der Waals surface area contributed by atoms with Crippen LogP contribution in [0.1, 0.15) is 26.3 Å². The lowest BCUT2D eigenvalue weighted by molar-refractivity contribution is -0.274. The molecule has 1 amide bonds. The predicted molar refractivity (Wildman–Crippen MR) is 77.6 cm³/mol. The van der Waals surface area contributed by atoms with Gasteiger partial charge in [0.25, 0.3) is 0 Å². The van der Waals surface area contributed by atoms with Crippen molar-refractivity contribution in [1.82, 2.24) is 5.32 Å². The molecular weight excluding hydrogens is 331 g/mol. The summed E-state index contributed by atoms with van der Waals surface area (Å²) in [5.41, 5.74) is -0.378. The number of benzene rings is 1. The Balaban J connectivity index is 2.72. The molecule has 0 heterocycles. The van der Waals surface area contributed by atoms with Gasteiger partial charge in [-0.1, -0.05) is 12.1 Å². The number of alkyl carbamates (subject to hydrolysis) is 1. The largest absolute Gasteiger partial charge is 0.573 e. The Bertz CT molecular complexity index is 578. The normalized spacial score (nSPS) is 13.1. The number of carboxylic acids is 1. The predicted octanol–water partition coefficient (Wildman–Crippen LogP) is 3.11. The number of hydrogen-bond donors (Lipinski definition) is 2. The molecule has 0 aliphatic rings. The molecule has 6 nitrogen and oxygen atoms in total. The van der Waals surface area contributed by atoms with Gasteiger partial charge in [0.15, 0.2) is 0 Å². The molecule has 24 heavy (non-hydrogen) atoms. The number of carboxylic acid groups (broad SMARTS) is 1. The van der Waals surface area contributed by atoms with Crippen LogP contribution in [0, 0.1) is 0 Å². The Morgan fingerprint density at radius 1 is 1.17 bits per heavy atom. The van der Waals surface area contributed by atoms with E-state index in [0.717, 1.165) is 12.1 Å². The van der Waals surface area contributed by atoms with Gasteiger partial charge in [0, 0.05) is 6.42 Å². The van der Waals surface area contributed by atoms with Gasteiger partial charge in [0.2, 0.25) is 0 Å². The van der Waals surface area contributed by atoms with Gasteiger partial charge in [-0.15, -0.1) is 13.2 Å². The zero-order valence-electron chi connectivity index (χ0n) is 13.3. The van der Waals surface area contributed by atoms with Crippen LogP contribution >= 0.6 is 0 Å². The zero-order chi connectivity index (χ0) is 18.5. The first-order valence-corrected chi connectivity index (χ1v) is 6.93. The summed E-state index contributed by atoms with van der Waals surface area (Å²) in [4.78, 5) is 22.8. The summed E-state index contributed by atoms with van der Waals surface area (Å²) in [5.74, 6) is -1.71. The molecule has 1 rings (SSSR count). The minimum atomic E-state index is -4.80. The monoisotopic (exact) mass is 349 g/mol. The first kappa shape index (κ1) is 19.6. The van der Waals surface area contributed by atoms with E-state index in [2.05, 4.69) is 10.1 Å². The third-order valence-corrected chi connectivity index (χ3v) is 2.59. The Morgan fingerprint density at radius 3 is 2.12 bits per heavy atom. The Morgan fingerprint density at radius 2 is 1.71 bits per heavy atom. The molecule has 1 aromatic rings. The van der Waals surface area contributed by atoms with Crippen LogP contribution in [0.15, 0.2) is 24.3 Å². The van der Waals surface area contributed by atoms with Crippen molar-refractivity contribution in [2.24, 2.45) is 0 Å². The molecule has 0 aliphatic carbocycles. The molecule has 2 N–H and O–H groups in total. The fourth-order valence-corrected chi connectivity index (χ4v) is 1.71. The Hall–Kier alpha value is -2.45. The number of aliphatic carboxylic acids is 1. The zero-order valence-corrected chi connectivity index (χ0v) is 13.3. The van der Waals surface area contributed by atoms with Gasteiger partial charge in [-0.3, -0.25) is 0 Å². The van der Waals surface area contributed by atoms with Gasteiger partial charge in [-0.25, -0.2) is 9.59 Å². The van der Waals surface area contributed by atoms with Gasteiger partial charge >= 0.3 is 18.4 Å². The van der Waals surface area contributed by atoms with E-state index in [-0.39, 0.29) is 6.42 Å². The van der Waals surface area contributed by atoms with Crippen LogP contribution in [-0.2, 0) is 16.0 Å². The number of ether oxygens (including phenoxy) is 2. The number of rotatable bonds is 5. The Labute approximate surface area is 136 Å². The molecule has 0 bridgehead atoms. The van der Waals surface area contributed by atoms with E-state index in [9.17, 15) is 22.8 Å². The molecule has 9 heteroatoms. The molecule has 134 valence electrons. The molecule has 0 radical (unpaired) electrons. The molecule has 0 saturated carbocycles. The van der Waals surface area contributed by atoms with Crippen molar-refractivity contribution in [3.63, 3.8) is 0 Å². The lowest BCUT2D eigenvalue weighted by Gasteiger charge is -2.22. The molecule has 1 atom stereocenters. The van der Waals surface area contributed by atoms with E-state index in [1.54, 1.807) is 20.8 Å². The first-order chi connectivity index (χ1) is 10.9. The van der Waals surface area contributed by atoms with Crippen molar-refractivity contribution in [2.45, 2.75) is 45.2 Å². The maximum atomic E-state index is 12.1. The van der Waals surface area contributed by atoms with Crippen LogP contribution in [0.3, 0.4) is 0 Å². The summed E-state index contributed by atoms with van der Waals surface area (Å²) in [7, 11) is 0. The highest BCUT2D eigenvalue weighted by Crippen LogP contribution is 2.23. The van der Waals surface area contributed by atoms with Crippen LogP contribution in [0.2, 0.25) is 0 Å². The van der Waals surface area contributed by atoms with Gasteiger partial charge in [0.1, 0.15) is 17.4 Å². The second-order valence-electron chi connectivity index (χ2n) is 5.93. The maximum Gasteiger partial charge on any atom is 0.573 e. The van der Waals surface area contributed by atoms with Crippen molar-refractivity contribution >= 4 is 12.1 Å². The minimum Gasteiger partial charge on any atom is -0.480 e. The lowest BCUT2D eigenvalue weighted by Crippen LogP contribution is -2.44. The average Bonchev–Trinajstić information content (AvgIpc) is 2.36. The number of halogens is 3. The molecule has 1 aromatic carbocycles. The number of carbonyl (C=O) groups excluding carboxylic acids is 1. The van der Waals surface area contributed by atoms with Gasteiger partial charge < -0.3 is 19.9 Å². The quantitative estimate of drug-likeness (QED) is 0.853. The van der Waals surface area contributed by atoms with E-state index in [1.807, 2.05) is 0 Å². The number of nitrogens with one attached hydrogen (secondary N) is 1. The fraction of sp³-hybridized carbons (Fsp3) is 0.467.